The van der Waals surface area contributed by atoms with Crippen LogP contribution >= 0.6 is 0 Å². The average Bonchev–Trinajstić information content (AvgIpc) is 3.55. The Bertz CT molecular complexity index is 964. The summed E-state index contributed by atoms with van der Waals surface area (Å²) in [5, 5.41) is 5.88. The van der Waals surface area contributed by atoms with Crippen molar-refractivity contribution in [2.75, 3.05) is 19.6 Å². The number of piperidine rings is 1. The Balaban J connectivity index is 1.45. The summed E-state index contributed by atoms with van der Waals surface area (Å²) >= 11 is 0. The van der Waals surface area contributed by atoms with E-state index in [0.29, 0.717) is 13.0 Å². The summed E-state index contributed by atoms with van der Waals surface area (Å²) in [4.78, 5) is 28.1. The molecule has 2 unspecified atom stereocenters. The summed E-state index contributed by atoms with van der Waals surface area (Å²) in [6, 6.07) is 15.9. The molecule has 0 saturated carbocycles. The molecule has 7 nitrogen and oxygen atoms in total. The Kier molecular flexibility index (Phi) is 7.40. The lowest BCUT2D eigenvalue weighted by atomic mass is 10.0. The summed E-state index contributed by atoms with van der Waals surface area (Å²) in [7, 11) is 0. The normalized spacial score (nSPS) is 16.2. The van der Waals surface area contributed by atoms with E-state index in [1.807, 2.05) is 42.5 Å². The number of hydrogen-bond acceptors (Lipinski definition) is 5. The molecule has 168 valence electrons. The minimum absolute atomic E-state index is 0.0348. The molecule has 4 rings (SSSR count). The highest BCUT2D eigenvalue weighted by Crippen LogP contribution is 2.24. The van der Waals surface area contributed by atoms with Gasteiger partial charge in [0.25, 0.3) is 5.91 Å². The van der Waals surface area contributed by atoms with Gasteiger partial charge in [-0.25, -0.2) is 0 Å². The fraction of sp³-hybridized carbons (Fsp3) is 0.360. The van der Waals surface area contributed by atoms with Crippen molar-refractivity contribution in [1.82, 2.24) is 15.5 Å². The molecule has 0 aliphatic carbocycles. The number of carbonyl (C=O) groups is 2. The van der Waals surface area contributed by atoms with Gasteiger partial charge in [-0.2, -0.15) is 0 Å². The molecular weight excluding hydrogens is 406 g/mol. The lowest BCUT2D eigenvalue weighted by Gasteiger charge is -2.33. The molecule has 1 fully saturated rings. The van der Waals surface area contributed by atoms with E-state index in [-0.39, 0.29) is 17.7 Å². The van der Waals surface area contributed by atoms with Gasteiger partial charge < -0.3 is 19.5 Å². The van der Waals surface area contributed by atoms with Crippen LogP contribution in [0.4, 0.5) is 0 Å². The van der Waals surface area contributed by atoms with Crippen molar-refractivity contribution in [2.45, 2.75) is 37.8 Å². The van der Waals surface area contributed by atoms with Crippen LogP contribution in [0.2, 0.25) is 0 Å². The zero-order chi connectivity index (χ0) is 22.2. The van der Waals surface area contributed by atoms with E-state index in [1.165, 1.54) is 12.7 Å². The number of rotatable bonds is 9. The molecule has 3 aromatic rings. The zero-order valence-electron chi connectivity index (χ0n) is 18.0. The quantitative estimate of drug-likeness (QED) is 0.537. The fourth-order valence-corrected chi connectivity index (χ4v) is 4.14. The first-order valence-corrected chi connectivity index (χ1v) is 11.1. The van der Waals surface area contributed by atoms with Gasteiger partial charge in [0.1, 0.15) is 11.8 Å². The van der Waals surface area contributed by atoms with Crippen molar-refractivity contribution in [1.29, 1.82) is 0 Å². The topological polar surface area (TPSA) is 87.7 Å². The van der Waals surface area contributed by atoms with Gasteiger partial charge in [0, 0.05) is 13.0 Å². The van der Waals surface area contributed by atoms with Gasteiger partial charge in [-0.3, -0.25) is 14.5 Å². The molecule has 32 heavy (non-hydrogen) atoms. The molecule has 0 bridgehead atoms. The first kappa shape index (κ1) is 21.9. The second kappa shape index (κ2) is 10.8. The fourth-order valence-electron chi connectivity index (χ4n) is 4.14. The third-order valence-corrected chi connectivity index (χ3v) is 5.82. The average molecular weight is 436 g/mol. The maximum absolute atomic E-state index is 13.2. The van der Waals surface area contributed by atoms with E-state index < -0.39 is 11.9 Å². The molecule has 2 N–H and O–H groups in total. The number of nitrogens with zero attached hydrogens (tertiary/aromatic N) is 1. The van der Waals surface area contributed by atoms with Crippen molar-refractivity contribution in [3.8, 4) is 0 Å². The third kappa shape index (κ3) is 5.68. The van der Waals surface area contributed by atoms with Crippen LogP contribution in [0.5, 0.6) is 0 Å². The molecule has 3 heterocycles. The van der Waals surface area contributed by atoms with Gasteiger partial charge in [0.05, 0.1) is 18.6 Å². The van der Waals surface area contributed by atoms with E-state index in [0.717, 1.165) is 37.3 Å². The Morgan fingerprint density at radius 3 is 2.34 bits per heavy atom. The Morgan fingerprint density at radius 1 is 0.906 bits per heavy atom. The van der Waals surface area contributed by atoms with Gasteiger partial charge in [-0.05, 0) is 55.8 Å². The Labute approximate surface area is 187 Å². The van der Waals surface area contributed by atoms with Crippen LogP contribution in [0, 0.1) is 0 Å². The predicted molar refractivity (Wildman–Crippen MR) is 120 cm³/mol. The predicted octanol–water partition coefficient (Wildman–Crippen LogP) is 3.56. The van der Waals surface area contributed by atoms with Crippen molar-refractivity contribution in [3.05, 3.63) is 84.2 Å². The van der Waals surface area contributed by atoms with Crippen LogP contribution < -0.4 is 10.6 Å². The lowest BCUT2D eigenvalue weighted by molar-refractivity contribution is -0.123. The molecule has 7 heteroatoms. The number of carbonyl (C=O) groups excluding carboxylic acids is 2. The van der Waals surface area contributed by atoms with Crippen molar-refractivity contribution >= 4 is 11.8 Å². The smallest absolute Gasteiger partial charge is 0.287 e. The van der Waals surface area contributed by atoms with Crippen LogP contribution in [0.25, 0.3) is 0 Å². The highest BCUT2D eigenvalue weighted by molar-refractivity contribution is 5.95. The van der Waals surface area contributed by atoms with E-state index >= 15 is 0 Å². The Hall–Kier alpha value is -3.32. The van der Waals surface area contributed by atoms with Crippen LogP contribution in [0.1, 0.15) is 47.2 Å². The first-order valence-electron chi connectivity index (χ1n) is 11.1. The first-order chi connectivity index (χ1) is 15.7. The number of amides is 2. The van der Waals surface area contributed by atoms with Crippen molar-refractivity contribution < 1.29 is 18.4 Å². The number of nitrogens with one attached hydrogen (secondary N) is 2. The minimum Gasteiger partial charge on any atom is -0.468 e. The maximum atomic E-state index is 13.2. The van der Waals surface area contributed by atoms with Crippen molar-refractivity contribution in [3.63, 3.8) is 0 Å². The van der Waals surface area contributed by atoms with Gasteiger partial charge in [-0.15, -0.1) is 0 Å². The molecule has 0 spiro atoms. The molecule has 1 aromatic carbocycles. The molecule has 2 atom stereocenters. The van der Waals surface area contributed by atoms with Gasteiger partial charge in [-0.1, -0.05) is 36.8 Å². The van der Waals surface area contributed by atoms with Crippen LogP contribution in [-0.2, 0) is 11.2 Å². The van der Waals surface area contributed by atoms with Gasteiger partial charge >= 0.3 is 0 Å². The van der Waals surface area contributed by atoms with E-state index in [1.54, 1.807) is 18.4 Å². The van der Waals surface area contributed by atoms with Crippen LogP contribution in [0.3, 0.4) is 0 Å². The van der Waals surface area contributed by atoms with Gasteiger partial charge in [0.2, 0.25) is 5.91 Å². The standard InChI is InChI=1S/C25H29N3O4/c29-24(26-18-21(22-11-7-15-31-22)28-13-5-2-6-14-28)20(17-19-9-3-1-4-10-19)27-25(30)23-12-8-16-32-23/h1,3-4,7-12,15-16,20-21H,2,5-6,13-14,17-18H2,(H,26,29)(H,27,30). The molecule has 0 radical (unpaired) electrons. The number of furan rings is 2. The summed E-state index contributed by atoms with van der Waals surface area (Å²) < 4.78 is 10.9. The van der Waals surface area contributed by atoms with E-state index in [9.17, 15) is 9.59 Å². The monoisotopic (exact) mass is 435 g/mol. The SMILES string of the molecule is O=C(NC(Cc1ccccc1)C(=O)NCC(c1ccco1)N1CCCCC1)c1ccco1. The zero-order valence-corrected chi connectivity index (χ0v) is 18.0. The van der Waals surface area contributed by atoms with Crippen LogP contribution in [-0.4, -0.2) is 42.4 Å². The van der Waals surface area contributed by atoms with Gasteiger partial charge in [0.15, 0.2) is 5.76 Å². The Morgan fingerprint density at radius 2 is 1.66 bits per heavy atom. The maximum Gasteiger partial charge on any atom is 0.287 e. The third-order valence-electron chi connectivity index (χ3n) is 5.82. The number of hydrogen-bond donors (Lipinski definition) is 2. The highest BCUT2D eigenvalue weighted by Gasteiger charge is 2.28. The van der Waals surface area contributed by atoms with E-state index in [4.69, 9.17) is 8.83 Å². The molecular formula is C25H29N3O4. The lowest BCUT2D eigenvalue weighted by Crippen LogP contribution is -2.50. The van der Waals surface area contributed by atoms with Crippen molar-refractivity contribution in [2.24, 2.45) is 0 Å². The highest BCUT2D eigenvalue weighted by atomic mass is 16.3. The number of likely N-dealkylation sites (tertiary alicyclic amines) is 1. The van der Waals surface area contributed by atoms with E-state index in [2.05, 4.69) is 15.5 Å². The summed E-state index contributed by atoms with van der Waals surface area (Å²) in [6.45, 7) is 2.36. The largest absolute Gasteiger partial charge is 0.468 e. The summed E-state index contributed by atoms with van der Waals surface area (Å²) in [5.74, 6) is 0.371. The molecule has 1 aliphatic rings. The summed E-state index contributed by atoms with van der Waals surface area (Å²) in [6.07, 6.45) is 6.99. The molecule has 2 aromatic heterocycles. The second-order valence-electron chi connectivity index (χ2n) is 8.07. The molecule has 1 saturated heterocycles. The molecule has 2 amide bonds. The second-order valence-corrected chi connectivity index (χ2v) is 8.07. The minimum atomic E-state index is -0.728. The number of benzene rings is 1. The summed E-state index contributed by atoms with van der Waals surface area (Å²) in [5.41, 5.74) is 0.964. The van der Waals surface area contributed by atoms with Crippen LogP contribution in [0.15, 0.2) is 76.0 Å². The molecule has 1 aliphatic heterocycles.